The molecule has 0 spiro atoms. The van der Waals surface area contributed by atoms with Crippen LogP contribution in [0.1, 0.15) is 23.6 Å². The quantitative estimate of drug-likeness (QED) is 0.290. The fraction of sp³-hybridized carbons (Fsp3) is 0.107. The zero-order valence-corrected chi connectivity index (χ0v) is 20.3. The maximum atomic E-state index is 13.3. The molecule has 0 unspecified atom stereocenters. The van der Waals surface area contributed by atoms with Crippen LogP contribution in [0.15, 0.2) is 89.5 Å². The molecule has 0 saturated carbocycles. The van der Waals surface area contributed by atoms with Crippen molar-refractivity contribution >= 4 is 41.1 Å². The van der Waals surface area contributed by atoms with Crippen molar-refractivity contribution in [1.29, 1.82) is 5.26 Å². The van der Waals surface area contributed by atoms with E-state index >= 15 is 0 Å². The summed E-state index contributed by atoms with van der Waals surface area (Å²) >= 11 is 12.4. The molecular weight excluding hydrogens is 483 g/mol. The number of nitrogens with zero attached hydrogens (tertiary/aromatic N) is 2. The zero-order chi connectivity index (χ0) is 24.9. The minimum atomic E-state index is -0.629. The number of carbonyl (C=O) groups is 2. The van der Waals surface area contributed by atoms with Gasteiger partial charge in [0.05, 0.1) is 6.54 Å². The minimum Gasteiger partial charge on any atom is -0.489 e. The lowest BCUT2D eigenvalue weighted by atomic mass is 9.93. The monoisotopic (exact) mass is 502 g/mol. The second kappa shape index (κ2) is 10.6. The number of carbonyl (C=O) groups excluding carboxylic acids is 2. The van der Waals surface area contributed by atoms with Gasteiger partial charge in [0.2, 0.25) is 0 Å². The van der Waals surface area contributed by atoms with E-state index in [-0.39, 0.29) is 17.7 Å². The fourth-order valence-electron chi connectivity index (χ4n) is 3.67. The minimum absolute atomic E-state index is 0.0258. The summed E-state index contributed by atoms with van der Waals surface area (Å²) in [7, 11) is 0. The molecule has 0 fully saturated rings. The molecule has 0 aliphatic carbocycles. The molecule has 0 radical (unpaired) electrons. The first kappa shape index (κ1) is 24.3. The molecule has 1 aliphatic heterocycles. The second-order valence-corrected chi connectivity index (χ2v) is 8.72. The molecule has 3 aromatic carbocycles. The average Bonchev–Trinajstić information content (AvgIpc) is 2.86. The Balaban J connectivity index is 1.58. The summed E-state index contributed by atoms with van der Waals surface area (Å²) in [5.74, 6) is -0.469. The summed E-state index contributed by atoms with van der Waals surface area (Å²) in [6, 6.07) is 23.6. The molecular formula is C28H20Cl2N2O3. The number of halogens is 2. The van der Waals surface area contributed by atoms with Gasteiger partial charge < -0.3 is 4.74 Å². The van der Waals surface area contributed by atoms with Crippen LogP contribution in [0.25, 0.3) is 6.08 Å². The van der Waals surface area contributed by atoms with E-state index in [1.165, 1.54) is 0 Å². The van der Waals surface area contributed by atoms with Gasteiger partial charge in [0.1, 0.15) is 24.0 Å². The Morgan fingerprint density at radius 1 is 0.886 bits per heavy atom. The van der Waals surface area contributed by atoms with Crippen LogP contribution in [-0.4, -0.2) is 16.7 Å². The summed E-state index contributed by atoms with van der Waals surface area (Å²) in [5.41, 5.74) is 2.77. The van der Waals surface area contributed by atoms with Crippen LogP contribution in [0, 0.1) is 11.3 Å². The zero-order valence-electron chi connectivity index (χ0n) is 18.8. The summed E-state index contributed by atoms with van der Waals surface area (Å²) < 4.78 is 5.81. The molecule has 0 atom stereocenters. The van der Waals surface area contributed by atoms with E-state index in [0.717, 1.165) is 16.0 Å². The van der Waals surface area contributed by atoms with Crippen LogP contribution < -0.4 is 4.74 Å². The van der Waals surface area contributed by atoms with Crippen molar-refractivity contribution in [1.82, 2.24) is 4.90 Å². The Morgan fingerprint density at radius 2 is 1.49 bits per heavy atom. The van der Waals surface area contributed by atoms with Gasteiger partial charge in [-0.2, -0.15) is 5.26 Å². The summed E-state index contributed by atoms with van der Waals surface area (Å²) in [4.78, 5) is 27.2. The summed E-state index contributed by atoms with van der Waals surface area (Å²) in [6.07, 6.45) is 1.67. The van der Waals surface area contributed by atoms with Crippen molar-refractivity contribution in [3.63, 3.8) is 0 Å². The third-order valence-electron chi connectivity index (χ3n) is 5.65. The normalized spacial score (nSPS) is 14.9. The Bertz CT molecular complexity index is 1400. The summed E-state index contributed by atoms with van der Waals surface area (Å²) in [5, 5.41) is 10.7. The molecule has 0 N–H and O–H groups in total. The average molecular weight is 503 g/mol. The highest BCUT2D eigenvalue weighted by Crippen LogP contribution is 2.30. The number of amides is 2. The number of ether oxygens (including phenoxy) is 1. The lowest BCUT2D eigenvalue weighted by molar-refractivity contribution is -0.141. The first-order valence-corrected chi connectivity index (χ1v) is 11.5. The summed E-state index contributed by atoms with van der Waals surface area (Å²) in [6.45, 7) is 1.90. The topological polar surface area (TPSA) is 70.4 Å². The van der Waals surface area contributed by atoms with E-state index < -0.39 is 11.8 Å². The van der Waals surface area contributed by atoms with Gasteiger partial charge in [0.15, 0.2) is 0 Å². The van der Waals surface area contributed by atoms with Gasteiger partial charge in [-0.3, -0.25) is 14.5 Å². The Labute approximate surface area is 213 Å². The molecule has 1 aliphatic rings. The molecule has 3 aromatic rings. The largest absolute Gasteiger partial charge is 0.489 e. The molecule has 1 heterocycles. The third-order valence-corrected chi connectivity index (χ3v) is 6.39. The van der Waals surface area contributed by atoms with Crippen molar-refractivity contribution in [3.8, 4) is 11.8 Å². The molecule has 2 amide bonds. The van der Waals surface area contributed by atoms with Crippen molar-refractivity contribution in [2.75, 3.05) is 0 Å². The van der Waals surface area contributed by atoms with Gasteiger partial charge in [0, 0.05) is 21.2 Å². The van der Waals surface area contributed by atoms with Crippen LogP contribution in [0.3, 0.4) is 0 Å². The SMILES string of the molecule is CC1=C(C#N)C(=O)N(Cc2ccccc2Cl)C(=O)/C1=C/c1ccc(OCc2ccccc2Cl)cc1. The van der Waals surface area contributed by atoms with Crippen LogP contribution in [-0.2, 0) is 22.7 Å². The molecule has 4 rings (SSSR count). The van der Waals surface area contributed by atoms with Crippen molar-refractivity contribution < 1.29 is 14.3 Å². The lowest BCUT2D eigenvalue weighted by Crippen LogP contribution is -2.42. The maximum absolute atomic E-state index is 13.3. The molecule has 7 heteroatoms. The lowest BCUT2D eigenvalue weighted by Gasteiger charge is -2.27. The molecule has 174 valence electrons. The predicted molar refractivity (Wildman–Crippen MR) is 136 cm³/mol. The van der Waals surface area contributed by atoms with Gasteiger partial charge >= 0.3 is 0 Å². The maximum Gasteiger partial charge on any atom is 0.271 e. The van der Waals surface area contributed by atoms with Crippen molar-refractivity contribution in [3.05, 3.63) is 116 Å². The first-order chi connectivity index (χ1) is 16.9. The molecule has 0 saturated heterocycles. The molecule has 0 aromatic heterocycles. The number of imide groups is 1. The van der Waals surface area contributed by atoms with E-state index in [4.69, 9.17) is 27.9 Å². The van der Waals surface area contributed by atoms with E-state index in [1.54, 1.807) is 61.5 Å². The van der Waals surface area contributed by atoms with Gasteiger partial charge in [0.25, 0.3) is 11.8 Å². The standard InChI is InChI=1S/C28H20Cl2N2O3/c1-18-23(14-19-10-12-22(13-11-19)35-17-21-7-3-5-9-26(21)30)27(33)32(28(34)24(18)15-31)16-20-6-2-4-8-25(20)29/h2-14H,16-17H2,1H3/b23-14+. The van der Waals surface area contributed by atoms with Crippen LogP contribution in [0.4, 0.5) is 0 Å². The van der Waals surface area contributed by atoms with Crippen molar-refractivity contribution in [2.45, 2.75) is 20.1 Å². The second-order valence-electron chi connectivity index (χ2n) is 7.91. The number of nitriles is 1. The predicted octanol–water partition coefficient (Wildman–Crippen LogP) is 6.36. The van der Waals surface area contributed by atoms with E-state index in [2.05, 4.69) is 0 Å². The van der Waals surface area contributed by atoms with Crippen LogP contribution in [0.5, 0.6) is 5.75 Å². The van der Waals surface area contributed by atoms with Gasteiger partial charge in [-0.15, -0.1) is 0 Å². The Hall–Kier alpha value is -3.85. The molecule has 35 heavy (non-hydrogen) atoms. The number of rotatable bonds is 6. The van der Waals surface area contributed by atoms with E-state index in [0.29, 0.717) is 33.5 Å². The highest BCUT2D eigenvalue weighted by atomic mass is 35.5. The Morgan fingerprint density at radius 3 is 2.09 bits per heavy atom. The number of benzene rings is 3. The fourth-order valence-corrected chi connectivity index (χ4v) is 4.06. The van der Waals surface area contributed by atoms with Gasteiger partial charge in [-0.25, -0.2) is 0 Å². The van der Waals surface area contributed by atoms with Crippen molar-refractivity contribution in [2.24, 2.45) is 0 Å². The smallest absolute Gasteiger partial charge is 0.271 e. The van der Waals surface area contributed by atoms with E-state index in [1.807, 2.05) is 30.3 Å². The third kappa shape index (κ3) is 5.30. The highest BCUT2D eigenvalue weighted by molar-refractivity contribution is 6.31. The molecule has 5 nitrogen and oxygen atoms in total. The van der Waals surface area contributed by atoms with Gasteiger partial charge in [-0.05, 0) is 54.0 Å². The highest BCUT2D eigenvalue weighted by Gasteiger charge is 2.35. The number of hydrogen-bond acceptors (Lipinski definition) is 4. The first-order valence-electron chi connectivity index (χ1n) is 10.8. The van der Waals surface area contributed by atoms with E-state index in [9.17, 15) is 14.9 Å². The van der Waals surface area contributed by atoms with Crippen LogP contribution in [0.2, 0.25) is 10.0 Å². The molecule has 0 bridgehead atoms. The van der Waals surface area contributed by atoms with Crippen LogP contribution >= 0.6 is 23.2 Å². The van der Waals surface area contributed by atoms with Gasteiger partial charge in [-0.1, -0.05) is 71.7 Å². The number of hydrogen-bond donors (Lipinski definition) is 0. The Kier molecular flexibility index (Phi) is 7.36.